The second kappa shape index (κ2) is 10.6. The lowest BCUT2D eigenvalue weighted by Crippen LogP contribution is -2.42. The summed E-state index contributed by atoms with van der Waals surface area (Å²) in [5.41, 5.74) is 1.12. The number of carbonyl (C=O) groups is 2. The van der Waals surface area contributed by atoms with Crippen molar-refractivity contribution in [2.24, 2.45) is 0 Å². The molecule has 1 aromatic carbocycles. The molecule has 0 bridgehead atoms. The summed E-state index contributed by atoms with van der Waals surface area (Å²) in [6.45, 7) is 3.65. The van der Waals surface area contributed by atoms with E-state index in [4.69, 9.17) is 11.6 Å². The molecule has 1 saturated heterocycles. The van der Waals surface area contributed by atoms with E-state index in [1.165, 1.54) is 0 Å². The second-order valence-electron chi connectivity index (χ2n) is 6.29. The number of nitrogens with zero attached hydrogens (tertiary/aromatic N) is 1. The maximum absolute atomic E-state index is 12.7. The maximum atomic E-state index is 12.7. The van der Waals surface area contributed by atoms with Crippen LogP contribution in [-0.4, -0.2) is 42.9 Å². The number of piperidine rings is 1. The molecule has 1 fully saturated rings. The van der Waals surface area contributed by atoms with Crippen molar-refractivity contribution in [1.82, 2.24) is 10.2 Å². The number of anilines is 1. The number of carbonyl (C=O) groups excluding carboxylic acids is 2. The molecule has 25 heavy (non-hydrogen) atoms. The van der Waals surface area contributed by atoms with Crippen molar-refractivity contribution >= 4 is 41.5 Å². The molecule has 0 saturated carbocycles. The Kier molecular flexibility index (Phi) is 9.25. The van der Waals surface area contributed by atoms with Gasteiger partial charge < -0.3 is 15.5 Å². The Labute approximate surface area is 160 Å². The van der Waals surface area contributed by atoms with E-state index >= 15 is 0 Å². The van der Waals surface area contributed by atoms with E-state index in [0.29, 0.717) is 22.7 Å². The van der Waals surface area contributed by atoms with Crippen molar-refractivity contribution in [2.75, 3.05) is 25.5 Å². The second-order valence-corrected chi connectivity index (χ2v) is 6.70. The first-order valence-corrected chi connectivity index (χ1v) is 8.95. The van der Waals surface area contributed by atoms with E-state index in [1.54, 1.807) is 18.2 Å². The van der Waals surface area contributed by atoms with Crippen molar-refractivity contribution < 1.29 is 9.59 Å². The van der Waals surface area contributed by atoms with Gasteiger partial charge in [-0.2, -0.15) is 0 Å². The van der Waals surface area contributed by atoms with E-state index in [2.05, 4.69) is 17.6 Å². The number of benzene rings is 1. The quantitative estimate of drug-likeness (QED) is 0.731. The first-order valence-electron chi connectivity index (χ1n) is 8.58. The number of hydrogen-bond donors (Lipinski definition) is 2. The number of nitrogens with one attached hydrogen (secondary N) is 2. The van der Waals surface area contributed by atoms with Gasteiger partial charge in [-0.25, -0.2) is 0 Å². The number of rotatable bonds is 6. The van der Waals surface area contributed by atoms with Crippen LogP contribution in [0.1, 0.15) is 49.4 Å². The van der Waals surface area contributed by atoms with Gasteiger partial charge in [-0.15, -0.1) is 12.4 Å². The molecule has 0 aliphatic carbocycles. The fraction of sp³-hybridized carbons (Fsp3) is 0.556. The van der Waals surface area contributed by atoms with E-state index in [1.807, 2.05) is 11.9 Å². The van der Waals surface area contributed by atoms with Crippen LogP contribution in [0.15, 0.2) is 18.2 Å². The molecule has 2 N–H and O–H groups in total. The van der Waals surface area contributed by atoms with Gasteiger partial charge in [-0.1, -0.05) is 11.6 Å². The average molecular weight is 388 g/mol. The molecule has 2 rings (SSSR count). The van der Waals surface area contributed by atoms with Gasteiger partial charge in [0.2, 0.25) is 5.91 Å². The number of likely N-dealkylation sites (tertiary alicyclic amines) is 1. The SMILES string of the molecule is CNCCCC(=O)Nc1ccc(C(=O)N2CCCCC2C)c(Cl)c1.Cl. The van der Waals surface area contributed by atoms with Gasteiger partial charge in [-0.05, 0) is 64.4 Å². The Morgan fingerprint density at radius 1 is 1.32 bits per heavy atom. The highest BCUT2D eigenvalue weighted by molar-refractivity contribution is 6.34. The Bertz CT molecular complexity index is 596. The molecular formula is C18H27Cl2N3O2. The summed E-state index contributed by atoms with van der Waals surface area (Å²) in [6, 6.07) is 5.34. The number of halogens is 2. The molecule has 2 amide bonds. The third kappa shape index (κ3) is 6.17. The van der Waals surface area contributed by atoms with Crippen LogP contribution in [0.3, 0.4) is 0 Å². The van der Waals surface area contributed by atoms with E-state index in [9.17, 15) is 9.59 Å². The highest BCUT2D eigenvalue weighted by Gasteiger charge is 2.25. The van der Waals surface area contributed by atoms with Gasteiger partial charge in [0.1, 0.15) is 0 Å². The average Bonchev–Trinajstić information content (AvgIpc) is 2.55. The molecule has 0 radical (unpaired) electrons. The predicted molar refractivity (Wildman–Crippen MR) is 105 cm³/mol. The summed E-state index contributed by atoms with van der Waals surface area (Å²) in [5, 5.41) is 6.21. The zero-order valence-electron chi connectivity index (χ0n) is 14.8. The van der Waals surface area contributed by atoms with Gasteiger partial charge in [0.15, 0.2) is 0 Å². The van der Waals surface area contributed by atoms with Crippen LogP contribution in [0, 0.1) is 0 Å². The molecule has 1 aliphatic rings. The highest BCUT2D eigenvalue weighted by Crippen LogP contribution is 2.25. The molecule has 1 unspecified atom stereocenters. The summed E-state index contributed by atoms with van der Waals surface area (Å²) in [5.74, 6) is -0.0795. The lowest BCUT2D eigenvalue weighted by Gasteiger charge is -2.33. The first-order chi connectivity index (χ1) is 11.5. The lowest BCUT2D eigenvalue weighted by molar-refractivity contribution is -0.116. The number of amides is 2. The summed E-state index contributed by atoms with van der Waals surface area (Å²) in [7, 11) is 1.86. The third-order valence-electron chi connectivity index (χ3n) is 4.38. The summed E-state index contributed by atoms with van der Waals surface area (Å²) in [4.78, 5) is 26.4. The van der Waals surface area contributed by atoms with Gasteiger partial charge in [0.05, 0.1) is 10.6 Å². The Balaban J connectivity index is 0.00000312. The van der Waals surface area contributed by atoms with Crippen molar-refractivity contribution in [3.05, 3.63) is 28.8 Å². The van der Waals surface area contributed by atoms with Crippen molar-refractivity contribution in [1.29, 1.82) is 0 Å². The zero-order chi connectivity index (χ0) is 17.5. The molecule has 7 heteroatoms. The Morgan fingerprint density at radius 3 is 2.72 bits per heavy atom. The topological polar surface area (TPSA) is 61.4 Å². The molecule has 1 heterocycles. The van der Waals surface area contributed by atoms with Crippen LogP contribution in [0.4, 0.5) is 5.69 Å². The van der Waals surface area contributed by atoms with E-state index < -0.39 is 0 Å². The normalized spacial score (nSPS) is 16.9. The van der Waals surface area contributed by atoms with E-state index in [0.717, 1.165) is 38.8 Å². The number of hydrogen-bond acceptors (Lipinski definition) is 3. The van der Waals surface area contributed by atoms with Gasteiger partial charge in [0.25, 0.3) is 5.91 Å². The Morgan fingerprint density at radius 2 is 2.08 bits per heavy atom. The molecular weight excluding hydrogens is 361 g/mol. The monoisotopic (exact) mass is 387 g/mol. The zero-order valence-corrected chi connectivity index (χ0v) is 16.4. The fourth-order valence-corrected chi connectivity index (χ4v) is 3.23. The minimum absolute atomic E-state index is 0. The van der Waals surface area contributed by atoms with E-state index in [-0.39, 0.29) is 30.3 Å². The predicted octanol–water partition coefficient (Wildman–Crippen LogP) is 3.71. The maximum Gasteiger partial charge on any atom is 0.255 e. The molecule has 0 aromatic heterocycles. The van der Waals surface area contributed by atoms with Crippen LogP contribution in [0.25, 0.3) is 0 Å². The van der Waals surface area contributed by atoms with Crippen LogP contribution >= 0.6 is 24.0 Å². The molecule has 1 atom stereocenters. The Hall–Kier alpha value is -1.30. The minimum Gasteiger partial charge on any atom is -0.336 e. The molecule has 0 spiro atoms. The van der Waals surface area contributed by atoms with Crippen LogP contribution < -0.4 is 10.6 Å². The smallest absolute Gasteiger partial charge is 0.255 e. The summed E-state index contributed by atoms with van der Waals surface area (Å²) in [6.07, 6.45) is 4.46. The standard InChI is InChI=1S/C18H26ClN3O2.ClH/c1-13-6-3-4-11-22(13)18(24)15-9-8-14(12-16(15)19)21-17(23)7-5-10-20-2;/h8-9,12-13,20H,3-7,10-11H2,1-2H3,(H,21,23);1H. The highest BCUT2D eigenvalue weighted by atomic mass is 35.5. The third-order valence-corrected chi connectivity index (χ3v) is 4.69. The van der Waals surface area contributed by atoms with Crippen molar-refractivity contribution in [3.8, 4) is 0 Å². The van der Waals surface area contributed by atoms with Crippen LogP contribution in [-0.2, 0) is 4.79 Å². The van der Waals surface area contributed by atoms with Crippen molar-refractivity contribution in [3.63, 3.8) is 0 Å². The molecule has 5 nitrogen and oxygen atoms in total. The lowest BCUT2D eigenvalue weighted by atomic mass is 10.0. The molecule has 1 aliphatic heterocycles. The molecule has 1 aromatic rings. The molecule has 140 valence electrons. The van der Waals surface area contributed by atoms with Gasteiger partial charge in [-0.3, -0.25) is 9.59 Å². The first kappa shape index (κ1) is 21.7. The summed E-state index contributed by atoms with van der Waals surface area (Å²) >= 11 is 6.29. The van der Waals surface area contributed by atoms with Gasteiger partial charge >= 0.3 is 0 Å². The minimum atomic E-state index is -0.0509. The fourth-order valence-electron chi connectivity index (χ4n) is 2.97. The van der Waals surface area contributed by atoms with Crippen LogP contribution in [0.5, 0.6) is 0 Å². The van der Waals surface area contributed by atoms with Crippen LogP contribution in [0.2, 0.25) is 5.02 Å². The largest absolute Gasteiger partial charge is 0.336 e. The van der Waals surface area contributed by atoms with Crippen molar-refractivity contribution in [2.45, 2.75) is 45.1 Å². The van der Waals surface area contributed by atoms with Gasteiger partial charge in [0, 0.05) is 24.7 Å². The summed E-state index contributed by atoms with van der Waals surface area (Å²) < 4.78 is 0.